The summed E-state index contributed by atoms with van der Waals surface area (Å²) in [6, 6.07) is 3.65. The van der Waals surface area contributed by atoms with Gasteiger partial charge in [-0.3, -0.25) is 4.79 Å². The van der Waals surface area contributed by atoms with E-state index >= 15 is 0 Å². The number of aryl methyl sites for hydroxylation is 2. The van der Waals surface area contributed by atoms with Gasteiger partial charge >= 0.3 is 0 Å². The van der Waals surface area contributed by atoms with Crippen LogP contribution in [0.1, 0.15) is 27.9 Å². The van der Waals surface area contributed by atoms with Crippen LogP contribution in [-0.2, 0) is 0 Å². The summed E-state index contributed by atoms with van der Waals surface area (Å²) in [5.41, 5.74) is 7.97. The number of ketones is 1. The number of Topliss-reactive ketones (excluding diaryl/α,β-unsaturated/α-hetero) is 1. The maximum absolute atomic E-state index is 11.6. The van der Waals surface area contributed by atoms with Crippen molar-refractivity contribution in [2.75, 3.05) is 6.54 Å². The Bertz CT molecular complexity index is 361. The van der Waals surface area contributed by atoms with E-state index in [0.29, 0.717) is 23.6 Å². The van der Waals surface area contributed by atoms with Gasteiger partial charge in [0.1, 0.15) is 0 Å². The predicted octanol–water partition coefficient (Wildman–Crippen LogP) is 2.49. The predicted molar refractivity (Wildman–Crippen MR) is 58.9 cm³/mol. The minimum absolute atomic E-state index is 0.0619. The van der Waals surface area contributed by atoms with Gasteiger partial charge in [-0.25, -0.2) is 0 Å². The van der Waals surface area contributed by atoms with Crippen molar-refractivity contribution >= 4 is 17.4 Å². The molecule has 1 aromatic rings. The zero-order valence-electron chi connectivity index (χ0n) is 8.43. The molecule has 76 valence electrons. The first-order chi connectivity index (χ1) is 6.56. The number of halogens is 1. The highest BCUT2D eigenvalue weighted by Gasteiger charge is 2.10. The summed E-state index contributed by atoms with van der Waals surface area (Å²) in [4.78, 5) is 11.6. The molecule has 0 aliphatic heterocycles. The van der Waals surface area contributed by atoms with E-state index in [1.807, 2.05) is 19.9 Å². The van der Waals surface area contributed by atoms with Crippen LogP contribution in [0.2, 0.25) is 5.02 Å². The average molecular weight is 212 g/mol. The maximum Gasteiger partial charge on any atom is 0.164 e. The van der Waals surface area contributed by atoms with Gasteiger partial charge in [-0.15, -0.1) is 0 Å². The lowest BCUT2D eigenvalue weighted by Crippen LogP contribution is -2.09. The summed E-state index contributed by atoms with van der Waals surface area (Å²) in [5.74, 6) is 0.0619. The Balaban J connectivity index is 3.09. The molecule has 0 saturated heterocycles. The van der Waals surface area contributed by atoms with Crippen molar-refractivity contribution in [1.82, 2.24) is 0 Å². The van der Waals surface area contributed by atoms with Crippen LogP contribution in [0.4, 0.5) is 0 Å². The zero-order chi connectivity index (χ0) is 10.7. The second-order valence-corrected chi connectivity index (χ2v) is 3.79. The van der Waals surface area contributed by atoms with E-state index in [1.54, 1.807) is 6.07 Å². The third-order valence-corrected chi connectivity index (χ3v) is 2.58. The van der Waals surface area contributed by atoms with Crippen molar-refractivity contribution in [3.05, 3.63) is 33.8 Å². The summed E-state index contributed by atoms with van der Waals surface area (Å²) in [6.45, 7) is 4.21. The van der Waals surface area contributed by atoms with Crippen LogP contribution in [0.15, 0.2) is 12.1 Å². The minimum atomic E-state index is 0.0619. The topological polar surface area (TPSA) is 43.1 Å². The van der Waals surface area contributed by atoms with Gasteiger partial charge in [0.05, 0.1) is 0 Å². The number of benzene rings is 1. The highest BCUT2D eigenvalue weighted by Crippen LogP contribution is 2.21. The van der Waals surface area contributed by atoms with E-state index < -0.39 is 0 Å². The number of nitrogens with two attached hydrogens (primary N) is 1. The van der Waals surface area contributed by atoms with Gasteiger partial charge in [-0.2, -0.15) is 0 Å². The van der Waals surface area contributed by atoms with Crippen LogP contribution in [0, 0.1) is 13.8 Å². The first-order valence-corrected chi connectivity index (χ1v) is 4.94. The van der Waals surface area contributed by atoms with Gasteiger partial charge in [0, 0.05) is 17.0 Å². The van der Waals surface area contributed by atoms with Gasteiger partial charge in [0.15, 0.2) is 5.78 Å². The van der Waals surface area contributed by atoms with Crippen LogP contribution in [0.5, 0.6) is 0 Å². The molecule has 0 amide bonds. The first-order valence-electron chi connectivity index (χ1n) is 4.56. The third-order valence-electron chi connectivity index (χ3n) is 2.18. The average Bonchev–Trinajstić information content (AvgIpc) is 2.11. The molecular weight excluding hydrogens is 198 g/mol. The Morgan fingerprint density at radius 1 is 1.36 bits per heavy atom. The summed E-state index contributed by atoms with van der Waals surface area (Å²) in [6.07, 6.45) is 0.375. The Morgan fingerprint density at radius 2 is 2.00 bits per heavy atom. The Kier molecular flexibility index (Phi) is 3.67. The third kappa shape index (κ3) is 2.34. The van der Waals surface area contributed by atoms with Crippen LogP contribution in [0.3, 0.4) is 0 Å². The molecule has 0 saturated carbocycles. The number of hydrogen-bond donors (Lipinski definition) is 1. The molecule has 0 aromatic heterocycles. The van der Waals surface area contributed by atoms with Crippen LogP contribution in [0.25, 0.3) is 0 Å². The number of carbonyl (C=O) groups excluding carboxylic acids is 1. The Hall–Kier alpha value is -0.860. The Morgan fingerprint density at radius 3 is 2.57 bits per heavy atom. The van der Waals surface area contributed by atoms with Crippen molar-refractivity contribution in [2.45, 2.75) is 20.3 Å². The summed E-state index contributed by atoms with van der Waals surface area (Å²) < 4.78 is 0. The van der Waals surface area contributed by atoms with E-state index in [4.69, 9.17) is 17.3 Å². The molecule has 2 N–H and O–H groups in total. The Labute approximate surface area is 89.1 Å². The lowest BCUT2D eigenvalue weighted by molar-refractivity contribution is 0.0985. The van der Waals surface area contributed by atoms with Crippen molar-refractivity contribution < 1.29 is 4.79 Å². The van der Waals surface area contributed by atoms with Crippen LogP contribution >= 0.6 is 11.6 Å². The van der Waals surface area contributed by atoms with Gasteiger partial charge in [0.25, 0.3) is 0 Å². The normalized spacial score (nSPS) is 10.3. The van der Waals surface area contributed by atoms with Gasteiger partial charge in [0.2, 0.25) is 0 Å². The minimum Gasteiger partial charge on any atom is -0.330 e. The molecule has 0 fully saturated rings. The fourth-order valence-corrected chi connectivity index (χ4v) is 1.56. The standard InChI is InChI=1S/C11H14ClNO/c1-7-5-8(2)10(12)6-9(7)11(14)3-4-13/h5-6H,3-4,13H2,1-2H3. The van der Waals surface area contributed by atoms with E-state index in [9.17, 15) is 4.79 Å². The molecule has 14 heavy (non-hydrogen) atoms. The fourth-order valence-electron chi connectivity index (χ4n) is 1.39. The van der Waals surface area contributed by atoms with Crippen molar-refractivity contribution in [3.8, 4) is 0 Å². The molecule has 3 heteroatoms. The van der Waals surface area contributed by atoms with E-state index in [-0.39, 0.29) is 5.78 Å². The molecule has 2 nitrogen and oxygen atoms in total. The lowest BCUT2D eigenvalue weighted by Gasteiger charge is -2.06. The highest BCUT2D eigenvalue weighted by atomic mass is 35.5. The maximum atomic E-state index is 11.6. The van der Waals surface area contributed by atoms with Gasteiger partial charge in [-0.05, 0) is 37.6 Å². The monoisotopic (exact) mass is 211 g/mol. The van der Waals surface area contributed by atoms with E-state index in [0.717, 1.165) is 11.1 Å². The molecule has 0 atom stereocenters. The lowest BCUT2D eigenvalue weighted by atomic mass is 10.0. The number of rotatable bonds is 3. The first kappa shape index (κ1) is 11.2. The molecule has 0 heterocycles. The molecule has 0 spiro atoms. The molecule has 0 bridgehead atoms. The largest absolute Gasteiger partial charge is 0.330 e. The number of carbonyl (C=O) groups is 1. The SMILES string of the molecule is Cc1cc(C)c(C(=O)CCN)cc1Cl. The molecule has 0 aliphatic carbocycles. The molecule has 0 radical (unpaired) electrons. The zero-order valence-corrected chi connectivity index (χ0v) is 9.19. The van der Waals surface area contributed by atoms with E-state index in [2.05, 4.69) is 0 Å². The second-order valence-electron chi connectivity index (χ2n) is 3.38. The molecule has 1 aromatic carbocycles. The molecule has 0 aliphatic rings. The van der Waals surface area contributed by atoms with Crippen molar-refractivity contribution in [1.29, 1.82) is 0 Å². The van der Waals surface area contributed by atoms with Crippen molar-refractivity contribution in [2.24, 2.45) is 5.73 Å². The van der Waals surface area contributed by atoms with E-state index in [1.165, 1.54) is 0 Å². The summed E-state index contributed by atoms with van der Waals surface area (Å²) >= 11 is 5.95. The molecular formula is C11H14ClNO. The summed E-state index contributed by atoms with van der Waals surface area (Å²) in [7, 11) is 0. The van der Waals surface area contributed by atoms with Crippen molar-refractivity contribution in [3.63, 3.8) is 0 Å². The molecule has 0 unspecified atom stereocenters. The van der Waals surface area contributed by atoms with Crippen LogP contribution in [-0.4, -0.2) is 12.3 Å². The van der Waals surface area contributed by atoms with Gasteiger partial charge in [-0.1, -0.05) is 17.7 Å². The number of hydrogen-bond acceptors (Lipinski definition) is 2. The summed E-state index contributed by atoms with van der Waals surface area (Å²) in [5, 5.41) is 0.635. The smallest absolute Gasteiger partial charge is 0.164 e. The quantitative estimate of drug-likeness (QED) is 0.781. The van der Waals surface area contributed by atoms with Crippen LogP contribution < -0.4 is 5.73 Å². The highest BCUT2D eigenvalue weighted by molar-refractivity contribution is 6.31. The second kappa shape index (κ2) is 4.58. The fraction of sp³-hybridized carbons (Fsp3) is 0.364. The molecule has 1 rings (SSSR count). The van der Waals surface area contributed by atoms with Gasteiger partial charge < -0.3 is 5.73 Å².